The van der Waals surface area contributed by atoms with E-state index >= 15 is 0 Å². The molecule has 2 aromatic carbocycles. The first-order chi connectivity index (χ1) is 8.70. The highest BCUT2D eigenvalue weighted by Crippen LogP contribution is 2.27. The van der Waals surface area contributed by atoms with Crippen molar-refractivity contribution in [2.45, 2.75) is 13.0 Å². The molecule has 0 spiro atoms. The summed E-state index contributed by atoms with van der Waals surface area (Å²) >= 11 is 9.62. The van der Waals surface area contributed by atoms with Gasteiger partial charge in [0.1, 0.15) is 0 Å². The van der Waals surface area contributed by atoms with Crippen molar-refractivity contribution in [2.24, 2.45) is 0 Å². The van der Waals surface area contributed by atoms with Gasteiger partial charge in [-0.1, -0.05) is 64.8 Å². The van der Waals surface area contributed by atoms with E-state index < -0.39 is 0 Å². The number of rotatable bonds is 4. The minimum absolute atomic E-state index is 0.172. The van der Waals surface area contributed by atoms with Crippen molar-refractivity contribution in [3.05, 3.63) is 69.2 Å². The van der Waals surface area contributed by atoms with Gasteiger partial charge in [0.25, 0.3) is 0 Å². The zero-order valence-corrected chi connectivity index (χ0v) is 12.5. The van der Waals surface area contributed by atoms with Gasteiger partial charge in [-0.15, -0.1) is 0 Å². The van der Waals surface area contributed by atoms with Gasteiger partial charge in [0.05, 0.1) is 6.04 Å². The topological polar surface area (TPSA) is 12.0 Å². The fourth-order valence-electron chi connectivity index (χ4n) is 2.02. The molecule has 1 N–H and O–H groups in total. The molecule has 0 bridgehead atoms. The molecule has 1 nitrogen and oxygen atoms in total. The molecule has 0 aliphatic carbocycles. The van der Waals surface area contributed by atoms with E-state index in [2.05, 4.69) is 58.5 Å². The smallest absolute Gasteiger partial charge is 0.0577 e. The standard InChI is InChI=1S/C15H15BrClN/c1-2-18-15(11-6-4-3-5-7-11)12-8-13(16)10-14(17)9-12/h3-10,15,18H,2H2,1H3. The molecule has 0 saturated heterocycles. The van der Waals surface area contributed by atoms with Crippen LogP contribution in [0.2, 0.25) is 5.02 Å². The summed E-state index contributed by atoms with van der Waals surface area (Å²) < 4.78 is 1.00. The molecule has 18 heavy (non-hydrogen) atoms. The van der Waals surface area contributed by atoms with Crippen LogP contribution < -0.4 is 5.32 Å². The molecule has 2 aromatic rings. The van der Waals surface area contributed by atoms with Crippen LogP contribution in [0.4, 0.5) is 0 Å². The van der Waals surface area contributed by atoms with Crippen LogP contribution in [-0.4, -0.2) is 6.54 Å². The second-order valence-electron chi connectivity index (χ2n) is 4.10. The van der Waals surface area contributed by atoms with Gasteiger partial charge < -0.3 is 5.32 Å². The van der Waals surface area contributed by atoms with Gasteiger partial charge in [-0.2, -0.15) is 0 Å². The summed E-state index contributed by atoms with van der Waals surface area (Å²) in [5, 5.41) is 4.24. The van der Waals surface area contributed by atoms with Crippen LogP contribution in [0.5, 0.6) is 0 Å². The molecule has 94 valence electrons. The lowest BCUT2D eigenvalue weighted by molar-refractivity contribution is 0.630. The molecule has 2 rings (SSSR count). The Balaban J connectivity index is 2.41. The van der Waals surface area contributed by atoms with E-state index in [1.165, 1.54) is 11.1 Å². The molecule has 0 aromatic heterocycles. The van der Waals surface area contributed by atoms with Crippen molar-refractivity contribution in [2.75, 3.05) is 6.54 Å². The third-order valence-electron chi connectivity index (χ3n) is 2.76. The maximum Gasteiger partial charge on any atom is 0.0577 e. The van der Waals surface area contributed by atoms with E-state index in [9.17, 15) is 0 Å². The van der Waals surface area contributed by atoms with Crippen LogP contribution in [0.3, 0.4) is 0 Å². The van der Waals surface area contributed by atoms with Gasteiger partial charge in [-0.25, -0.2) is 0 Å². The van der Waals surface area contributed by atoms with Gasteiger partial charge >= 0.3 is 0 Å². The predicted molar refractivity (Wildman–Crippen MR) is 81.1 cm³/mol. The second-order valence-corrected chi connectivity index (χ2v) is 5.46. The van der Waals surface area contributed by atoms with E-state index in [1.54, 1.807) is 0 Å². The zero-order valence-electron chi connectivity index (χ0n) is 10.2. The maximum absolute atomic E-state index is 6.12. The lowest BCUT2D eigenvalue weighted by Crippen LogP contribution is -2.21. The zero-order chi connectivity index (χ0) is 13.0. The van der Waals surface area contributed by atoms with Crippen molar-refractivity contribution in [1.82, 2.24) is 5.32 Å². The summed E-state index contributed by atoms with van der Waals surface area (Å²) in [6, 6.07) is 16.6. The van der Waals surface area contributed by atoms with Crippen LogP contribution >= 0.6 is 27.5 Å². The summed E-state index contributed by atoms with van der Waals surface area (Å²) in [6.07, 6.45) is 0. The number of halogens is 2. The largest absolute Gasteiger partial charge is 0.307 e. The van der Waals surface area contributed by atoms with Crippen LogP contribution in [0, 0.1) is 0 Å². The lowest BCUT2D eigenvalue weighted by atomic mass is 9.99. The van der Waals surface area contributed by atoms with Crippen LogP contribution in [0.25, 0.3) is 0 Å². The fourth-order valence-corrected chi connectivity index (χ4v) is 2.91. The second kappa shape index (κ2) is 6.37. The Morgan fingerprint density at radius 1 is 1.11 bits per heavy atom. The van der Waals surface area contributed by atoms with Gasteiger partial charge in [0, 0.05) is 9.50 Å². The summed E-state index contributed by atoms with van der Waals surface area (Å²) in [4.78, 5) is 0. The monoisotopic (exact) mass is 323 g/mol. The molecule has 0 amide bonds. The molecule has 3 heteroatoms. The maximum atomic E-state index is 6.12. The molecule has 1 unspecified atom stereocenters. The number of hydrogen-bond acceptors (Lipinski definition) is 1. The number of benzene rings is 2. The van der Waals surface area contributed by atoms with Gasteiger partial charge in [-0.05, 0) is 35.9 Å². The fraction of sp³-hybridized carbons (Fsp3) is 0.200. The molecule has 1 atom stereocenters. The molecular weight excluding hydrogens is 310 g/mol. The summed E-state index contributed by atoms with van der Waals surface area (Å²) in [6.45, 7) is 3.01. The Morgan fingerprint density at radius 2 is 1.83 bits per heavy atom. The highest BCUT2D eigenvalue weighted by atomic mass is 79.9. The van der Waals surface area contributed by atoms with E-state index in [0.29, 0.717) is 0 Å². The Kier molecular flexibility index (Phi) is 4.81. The molecule has 0 aliphatic rings. The van der Waals surface area contributed by atoms with Crippen LogP contribution in [-0.2, 0) is 0 Å². The summed E-state index contributed by atoms with van der Waals surface area (Å²) in [5.74, 6) is 0. The Morgan fingerprint density at radius 3 is 2.44 bits per heavy atom. The molecule has 0 aliphatic heterocycles. The normalized spacial score (nSPS) is 12.4. The van der Waals surface area contributed by atoms with Crippen molar-refractivity contribution >= 4 is 27.5 Å². The van der Waals surface area contributed by atoms with E-state index in [1.807, 2.05) is 18.2 Å². The first-order valence-electron chi connectivity index (χ1n) is 5.95. The van der Waals surface area contributed by atoms with Gasteiger partial charge in [0.2, 0.25) is 0 Å². The molecule has 0 radical (unpaired) electrons. The minimum atomic E-state index is 0.172. The third kappa shape index (κ3) is 3.35. The van der Waals surface area contributed by atoms with E-state index in [4.69, 9.17) is 11.6 Å². The SMILES string of the molecule is CCNC(c1ccccc1)c1cc(Cl)cc(Br)c1. The van der Waals surface area contributed by atoms with Crippen LogP contribution in [0.1, 0.15) is 24.1 Å². The average Bonchev–Trinajstić information content (AvgIpc) is 2.36. The first kappa shape index (κ1) is 13.6. The quantitative estimate of drug-likeness (QED) is 0.851. The number of nitrogens with one attached hydrogen (secondary N) is 1. The molecule has 0 heterocycles. The Labute approximate surface area is 121 Å². The average molecular weight is 325 g/mol. The highest BCUT2D eigenvalue weighted by molar-refractivity contribution is 9.10. The minimum Gasteiger partial charge on any atom is -0.307 e. The Hall–Kier alpha value is -0.830. The van der Waals surface area contributed by atoms with Crippen molar-refractivity contribution in [3.8, 4) is 0 Å². The predicted octanol–water partition coefficient (Wildman–Crippen LogP) is 4.80. The highest BCUT2D eigenvalue weighted by Gasteiger charge is 2.13. The summed E-state index contributed by atoms with van der Waals surface area (Å²) in [7, 11) is 0. The Bertz CT molecular complexity index is 493. The number of hydrogen-bond donors (Lipinski definition) is 1. The summed E-state index contributed by atoms with van der Waals surface area (Å²) in [5.41, 5.74) is 2.41. The molecule has 0 saturated carbocycles. The van der Waals surface area contributed by atoms with Gasteiger partial charge in [-0.3, -0.25) is 0 Å². The first-order valence-corrected chi connectivity index (χ1v) is 7.12. The molecular formula is C15H15BrClN. The third-order valence-corrected chi connectivity index (χ3v) is 3.44. The van der Waals surface area contributed by atoms with Crippen LogP contribution in [0.15, 0.2) is 53.0 Å². The van der Waals surface area contributed by atoms with E-state index in [-0.39, 0.29) is 6.04 Å². The van der Waals surface area contributed by atoms with Crippen molar-refractivity contribution in [1.29, 1.82) is 0 Å². The molecule has 0 fully saturated rings. The van der Waals surface area contributed by atoms with E-state index in [0.717, 1.165) is 16.0 Å². The van der Waals surface area contributed by atoms with Crippen molar-refractivity contribution in [3.63, 3.8) is 0 Å². The van der Waals surface area contributed by atoms with Crippen molar-refractivity contribution < 1.29 is 0 Å². The lowest BCUT2D eigenvalue weighted by Gasteiger charge is -2.19. The van der Waals surface area contributed by atoms with Gasteiger partial charge in [0.15, 0.2) is 0 Å².